The zero-order chi connectivity index (χ0) is 11.5. The number of nitrogens with two attached hydrogens (primary N) is 1. The van der Waals surface area contributed by atoms with Crippen molar-refractivity contribution >= 4 is 5.97 Å². The number of fused-ring (bicyclic) bond motifs is 1. The fourth-order valence-electron chi connectivity index (χ4n) is 3.64. The Hall–Kier alpha value is -0.570. The zero-order valence-electron chi connectivity index (χ0n) is 9.90. The molecule has 0 aromatic carbocycles. The van der Waals surface area contributed by atoms with Gasteiger partial charge in [0.25, 0.3) is 0 Å². The minimum atomic E-state index is -0.842. The van der Waals surface area contributed by atoms with Crippen molar-refractivity contribution in [3.63, 3.8) is 0 Å². The lowest BCUT2D eigenvalue weighted by molar-refractivity contribution is -0.139. The maximum Gasteiger partial charge on any atom is 0.320 e. The van der Waals surface area contributed by atoms with Gasteiger partial charge in [0.1, 0.15) is 6.04 Å². The summed E-state index contributed by atoms with van der Waals surface area (Å²) in [5.74, 6) is 1.52. The first-order valence-corrected chi connectivity index (χ1v) is 6.65. The van der Waals surface area contributed by atoms with Gasteiger partial charge in [0.2, 0.25) is 0 Å². The molecular formula is C13H23NO2. The van der Waals surface area contributed by atoms with Gasteiger partial charge >= 0.3 is 5.97 Å². The van der Waals surface area contributed by atoms with Crippen LogP contribution in [0.15, 0.2) is 0 Å². The maximum atomic E-state index is 10.7. The van der Waals surface area contributed by atoms with E-state index in [9.17, 15) is 4.79 Å². The Kier molecular flexibility index (Phi) is 3.85. The molecule has 0 aromatic heterocycles. The van der Waals surface area contributed by atoms with Gasteiger partial charge in [-0.05, 0) is 37.0 Å². The predicted molar refractivity (Wildman–Crippen MR) is 63.0 cm³/mol. The van der Waals surface area contributed by atoms with Gasteiger partial charge in [-0.3, -0.25) is 4.79 Å². The van der Waals surface area contributed by atoms with E-state index in [0.717, 1.165) is 11.8 Å². The molecule has 4 atom stereocenters. The van der Waals surface area contributed by atoms with Crippen molar-refractivity contribution in [3.8, 4) is 0 Å². The smallest absolute Gasteiger partial charge is 0.320 e. The lowest BCUT2D eigenvalue weighted by Gasteiger charge is -2.39. The van der Waals surface area contributed by atoms with E-state index in [4.69, 9.17) is 10.8 Å². The van der Waals surface area contributed by atoms with E-state index in [1.807, 2.05) is 0 Å². The molecule has 0 spiro atoms. The molecule has 0 heterocycles. The van der Waals surface area contributed by atoms with E-state index in [1.165, 1.54) is 44.9 Å². The number of carbonyl (C=O) groups is 1. The highest BCUT2D eigenvalue weighted by atomic mass is 16.4. The van der Waals surface area contributed by atoms with E-state index >= 15 is 0 Å². The Bertz CT molecular complexity index is 254. The van der Waals surface area contributed by atoms with Crippen LogP contribution >= 0.6 is 0 Å². The third kappa shape index (κ3) is 2.76. The summed E-state index contributed by atoms with van der Waals surface area (Å²) in [4.78, 5) is 10.7. The van der Waals surface area contributed by atoms with Crippen LogP contribution in [0.1, 0.15) is 51.4 Å². The highest BCUT2D eigenvalue weighted by molar-refractivity contribution is 5.73. The SMILES string of the molecule is NC(CC1CCC2CCCCC2C1)C(=O)O. The largest absolute Gasteiger partial charge is 0.480 e. The normalized spacial score (nSPS) is 36.4. The molecule has 3 heteroatoms. The second-order valence-corrected chi connectivity index (χ2v) is 5.66. The molecule has 0 bridgehead atoms. The van der Waals surface area contributed by atoms with Gasteiger partial charge in [0, 0.05) is 0 Å². The van der Waals surface area contributed by atoms with Crippen LogP contribution in [0.2, 0.25) is 0 Å². The molecule has 92 valence electrons. The van der Waals surface area contributed by atoms with Crippen LogP contribution in [-0.2, 0) is 4.79 Å². The third-order valence-corrected chi connectivity index (χ3v) is 4.55. The number of hydrogen-bond donors (Lipinski definition) is 2. The van der Waals surface area contributed by atoms with Crippen LogP contribution in [0, 0.1) is 17.8 Å². The lowest BCUT2D eigenvalue weighted by Crippen LogP contribution is -2.35. The minimum Gasteiger partial charge on any atom is -0.480 e. The van der Waals surface area contributed by atoms with Gasteiger partial charge in [-0.25, -0.2) is 0 Å². The predicted octanol–water partition coefficient (Wildman–Crippen LogP) is 2.39. The van der Waals surface area contributed by atoms with Crippen molar-refractivity contribution < 1.29 is 9.90 Å². The summed E-state index contributed by atoms with van der Waals surface area (Å²) < 4.78 is 0. The van der Waals surface area contributed by atoms with Crippen molar-refractivity contribution in [1.29, 1.82) is 0 Å². The zero-order valence-corrected chi connectivity index (χ0v) is 9.90. The number of aliphatic carboxylic acids is 1. The summed E-state index contributed by atoms with van der Waals surface area (Å²) in [7, 11) is 0. The van der Waals surface area contributed by atoms with Gasteiger partial charge < -0.3 is 10.8 Å². The van der Waals surface area contributed by atoms with Crippen molar-refractivity contribution in [2.75, 3.05) is 0 Å². The van der Waals surface area contributed by atoms with E-state index < -0.39 is 12.0 Å². The molecule has 2 aliphatic rings. The highest BCUT2D eigenvalue weighted by Gasteiger charge is 2.33. The van der Waals surface area contributed by atoms with E-state index in [0.29, 0.717) is 12.3 Å². The molecule has 2 saturated carbocycles. The van der Waals surface area contributed by atoms with Crippen molar-refractivity contribution in [1.82, 2.24) is 0 Å². The highest BCUT2D eigenvalue weighted by Crippen LogP contribution is 2.43. The standard InChI is InChI=1S/C13H23NO2/c14-12(13(15)16)8-9-5-6-10-3-1-2-4-11(10)7-9/h9-12H,1-8,14H2,(H,15,16). The number of hydrogen-bond acceptors (Lipinski definition) is 2. The van der Waals surface area contributed by atoms with Crippen LogP contribution in [0.3, 0.4) is 0 Å². The van der Waals surface area contributed by atoms with Crippen LogP contribution < -0.4 is 5.73 Å². The fraction of sp³-hybridized carbons (Fsp3) is 0.923. The Labute approximate surface area is 97.4 Å². The van der Waals surface area contributed by atoms with Gasteiger partial charge in [-0.2, -0.15) is 0 Å². The summed E-state index contributed by atoms with van der Waals surface area (Å²) in [6, 6.07) is -0.648. The molecule has 2 aliphatic carbocycles. The first kappa shape index (κ1) is 11.9. The van der Waals surface area contributed by atoms with Crippen molar-refractivity contribution in [2.45, 2.75) is 57.4 Å². The van der Waals surface area contributed by atoms with Crippen LogP contribution in [0.25, 0.3) is 0 Å². The third-order valence-electron chi connectivity index (χ3n) is 4.55. The molecule has 3 nitrogen and oxygen atoms in total. The van der Waals surface area contributed by atoms with Crippen LogP contribution in [0.5, 0.6) is 0 Å². The minimum absolute atomic E-state index is 0.561. The molecular weight excluding hydrogens is 202 g/mol. The molecule has 3 N–H and O–H groups in total. The van der Waals surface area contributed by atoms with Crippen LogP contribution in [0.4, 0.5) is 0 Å². The molecule has 0 aliphatic heterocycles. The Morgan fingerprint density at radius 2 is 1.88 bits per heavy atom. The topological polar surface area (TPSA) is 63.3 Å². The summed E-state index contributed by atoms with van der Waals surface area (Å²) >= 11 is 0. The fourth-order valence-corrected chi connectivity index (χ4v) is 3.64. The summed E-state index contributed by atoms with van der Waals surface area (Å²) in [6.45, 7) is 0. The first-order chi connectivity index (χ1) is 7.66. The van der Waals surface area contributed by atoms with Crippen molar-refractivity contribution in [3.05, 3.63) is 0 Å². The monoisotopic (exact) mass is 225 g/mol. The summed E-state index contributed by atoms with van der Waals surface area (Å²) in [5, 5.41) is 8.82. The van der Waals surface area contributed by atoms with Gasteiger partial charge in [0.15, 0.2) is 0 Å². The Morgan fingerprint density at radius 1 is 1.19 bits per heavy atom. The second kappa shape index (κ2) is 5.17. The molecule has 2 rings (SSSR count). The Morgan fingerprint density at radius 3 is 2.56 bits per heavy atom. The Balaban J connectivity index is 1.83. The molecule has 0 saturated heterocycles. The van der Waals surface area contributed by atoms with Crippen LogP contribution in [-0.4, -0.2) is 17.1 Å². The number of rotatable bonds is 3. The summed E-state index contributed by atoms with van der Waals surface area (Å²) in [6.07, 6.45) is 9.96. The number of carboxylic acids is 1. The average molecular weight is 225 g/mol. The van der Waals surface area contributed by atoms with Gasteiger partial charge in [-0.1, -0.05) is 32.1 Å². The molecule has 2 fully saturated rings. The maximum absolute atomic E-state index is 10.7. The quantitative estimate of drug-likeness (QED) is 0.775. The molecule has 0 aromatic rings. The van der Waals surface area contributed by atoms with E-state index in [1.54, 1.807) is 0 Å². The second-order valence-electron chi connectivity index (χ2n) is 5.66. The van der Waals surface area contributed by atoms with Gasteiger partial charge in [-0.15, -0.1) is 0 Å². The summed E-state index contributed by atoms with van der Waals surface area (Å²) in [5.41, 5.74) is 5.62. The van der Waals surface area contributed by atoms with E-state index in [-0.39, 0.29) is 0 Å². The van der Waals surface area contributed by atoms with Gasteiger partial charge in [0.05, 0.1) is 0 Å². The number of carboxylic acid groups (broad SMARTS) is 1. The molecule has 0 radical (unpaired) electrons. The molecule has 0 amide bonds. The molecule has 16 heavy (non-hydrogen) atoms. The first-order valence-electron chi connectivity index (χ1n) is 6.65. The molecule has 4 unspecified atom stereocenters. The van der Waals surface area contributed by atoms with E-state index in [2.05, 4.69) is 0 Å². The lowest BCUT2D eigenvalue weighted by atomic mass is 9.66. The van der Waals surface area contributed by atoms with Crippen molar-refractivity contribution in [2.24, 2.45) is 23.5 Å². The average Bonchev–Trinajstić information content (AvgIpc) is 2.28.